The Labute approximate surface area is 105 Å². The number of fused-ring (bicyclic) bond motifs is 1. The molecular formula is C13H16BrNO. The molecule has 1 amide bonds. The van der Waals surface area contributed by atoms with Crippen molar-refractivity contribution in [3.63, 3.8) is 0 Å². The van der Waals surface area contributed by atoms with Crippen LogP contribution < -0.4 is 5.32 Å². The van der Waals surface area contributed by atoms with Crippen LogP contribution in [0.25, 0.3) is 0 Å². The fourth-order valence-corrected chi connectivity index (χ4v) is 2.21. The van der Waals surface area contributed by atoms with E-state index in [1.54, 1.807) is 0 Å². The molecule has 1 aromatic carbocycles. The Morgan fingerprint density at radius 2 is 1.94 bits per heavy atom. The van der Waals surface area contributed by atoms with E-state index < -0.39 is 5.41 Å². The predicted octanol–water partition coefficient (Wildman–Crippen LogP) is 3.55. The van der Waals surface area contributed by atoms with Crippen LogP contribution in [0.1, 0.15) is 38.8 Å². The fraction of sp³-hybridized carbons (Fsp3) is 0.462. The molecular weight excluding hydrogens is 266 g/mol. The third kappa shape index (κ3) is 1.67. The Balaban J connectivity index is 2.53. The van der Waals surface area contributed by atoms with E-state index in [1.807, 2.05) is 19.9 Å². The summed E-state index contributed by atoms with van der Waals surface area (Å²) in [6.07, 6.45) is 0. The van der Waals surface area contributed by atoms with E-state index in [0.717, 1.165) is 11.3 Å². The molecule has 1 heterocycles. The summed E-state index contributed by atoms with van der Waals surface area (Å²) >= 11 is 3.63. The summed E-state index contributed by atoms with van der Waals surface area (Å²) < 4.78 is -0.0699. The summed E-state index contributed by atoms with van der Waals surface area (Å²) in [5.74, 6) is 0.0760. The van der Waals surface area contributed by atoms with Gasteiger partial charge in [0.1, 0.15) is 0 Å². The summed E-state index contributed by atoms with van der Waals surface area (Å²) in [6.45, 7) is 8.09. The van der Waals surface area contributed by atoms with Gasteiger partial charge in [0, 0.05) is 10.0 Å². The van der Waals surface area contributed by atoms with Gasteiger partial charge in [-0.1, -0.05) is 28.1 Å². The van der Waals surface area contributed by atoms with Crippen molar-refractivity contribution < 1.29 is 4.79 Å². The third-order valence-corrected chi connectivity index (χ3v) is 3.65. The summed E-state index contributed by atoms with van der Waals surface area (Å²) in [5.41, 5.74) is 2.78. The van der Waals surface area contributed by atoms with Crippen molar-refractivity contribution >= 4 is 27.5 Å². The topological polar surface area (TPSA) is 29.1 Å². The first-order chi connectivity index (χ1) is 7.23. The first kappa shape index (κ1) is 11.6. The highest BCUT2D eigenvalue weighted by Crippen LogP contribution is 2.40. The average molecular weight is 282 g/mol. The Bertz CT molecular complexity index is 457. The number of carbonyl (C=O) groups is 1. The Kier molecular flexibility index (Phi) is 2.42. The van der Waals surface area contributed by atoms with Crippen molar-refractivity contribution in [3.05, 3.63) is 29.3 Å². The van der Waals surface area contributed by atoms with Gasteiger partial charge in [0.15, 0.2) is 0 Å². The van der Waals surface area contributed by atoms with E-state index >= 15 is 0 Å². The van der Waals surface area contributed by atoms with Crippen molar-refractivity contribution in [2.24, 2.45) is 0 Å². The van der Waals surface area contributed by atoms with Gasteiger partial charge < -0.3 is 5.32 Å². The van der Waals surface area contributed by atoms with E-state index in [0.29, 0.717) is 0 Å². The molecule has 0 saturated carbocycles. The van der Waals surface area contributed by atoms with Gasteiger partial charge in [0.25, 0.3) is 0 Å². The first-order valence-electron chi connectivity index (χ1n) is 5.38. The molecule has 1 aromatic rings. The minimum absolute atomic E-state index is 0.0699. The van der Waals surface area contributed by atoms with Crippen LogP contribution >= 0.6 is 15.9 Å². The molecule has 0 aliphatic carbocycles. The SMILES string of the molecule is CC(C)(Br)c1ccc2c(c1)NC(=O)C2(C)C. The van der Waals surface area contributed by atoms with Crippen LogP contribution in [0.2, 0.25) is 0 Å². The first-order valence-corrected chi connectivity index (χ1v) is 6.17. The molecule has 0 atom stereocenters. The monoisotopic (exact) mass is 281 g/mol. The zero-order chi connectivity index (χ0) is 12.1. The number of benzene rings is 1. The second-order valence-corrected chi connectivity index (χ2v) is 7.29. The molecule has 3 heteroatoms. The molecule has 0 aromatic heterocycles. The normalized spacial score (nSPS) is 18.2. The number of anilines is 1. The lowest BCUT2D eigenvalue weighted by molar-refractivity contribution is -0.119. The van der Waals surface area contributed by atoms with Gasteiger partial charge in [0.05, 0.1) is 5.41 Å². The van der Waals surface area contributed by atoms with E-state index in [4.69, 9.17) is 0 Å². The third-order valence-electron chi connectivity index (χ3n) is 3.20. The van der Waals surface area contributed by atoms with E-state index in [-0.39, 0.29) is 10.2 Å². The van der Waals surface area contributed by atoms with Crippen molar-refractivity contribution in [2.45, 2.75) is 37.4 Å². The molecule has 16 heavy (non-hydrogen) atoms. The van der Waals surface area contributed by atoms with E-state index in [2.05, 4.69) is 47.2 Å². The lowest BCUT2D eigenvalue weighted by Gasteiger charge is -2.19. The predicted molar refractivity (Wildman–Crippen MR) is 70.1 cm³/mol. The molecule has 2 rings (SSSR count). The standard InChI is InChI=1S/C13H16BrNO/c1-12(2)9-6-5-8(13(3,4)14)7-10(9)15-11(12)16/h5-7H,1-4H3,(H,15,16). The molecule has 0 radical (unpaired) electrons. The number of carbonyl (C=O) groups excluding carboxylic acids is 1. The van der Waals surface area contributed by atoms with Gasteiger partial charge in [-0.15, -0.1) is 0 Å². The molecule has 0 fully saturated rings. The minimum Gasteiger partial charge on any atom is -0.325 e. The largest absolute Gasteiger partial charge is 0.325 e. The van der Waals surface area contributed by atoms with Crippen LogP contribution in [0.3, 0.4) is 0 Å². The molecule has 86 valence electrons. The van der Waals surface area contributed by atoms with Gasteiger partial charge in [-0.2, -0.15) is 0 Å². The van der Waals surface area contributed by atoms with E-state index in [9.17, 15) is 4.79 Å². The maximum Gasteiger partial charge on any atom is 0.234 e. The summed E-state index contributed by atoms with van der Waals surface area (Å²) in [4.78, 5) is 11.8. The lowest BCUT2D eigenvalue weighted by Crippen LogP contribution is -2.26. The van der Waals surface area contributed by atoms with Crippen molar-refractivity contribution in [2.75, 3.05) is 5.32 Å². The zero-order valence-corrected chi connectivity index (χ0v) is 11.6. The zero-order valence-electron chi connectivity index (χ0n) is 10.0. The average Bonchev–Trinajstić information content (AvgIpc) is 2.36. The van der Waals surface area contributed by atoms with Gasteiger partial charge in [-0.25, -0.2) is 0 Å². The lowest BCUT2D eigenvalue weighted by atomic mass is 9.85. The van der Waals surface area contributed by atoms with Crippen molar-refractivity contribution in [1.29, 1.82) is 0 Å². The molecule has 1 aliphatic heterocycles. The number of hydrogen-bond donors (Lipinski definition) is 1. The van der Waals surface area contributed by atoms with Crippen molar-refractivity contribution in [1.82, 2.24) is 0 Å². The van der Waals surface area contributed by atoms with Crippen LogP contribution in [0, 0.1) is 0 Å². The second-order valence-electron chi connectivity index (χ2n) is 5.31. The number of rotatable bonds is 1. The quantitative estimate of drug-likeness (QED) is 0.784. The highest BCUT2D eigenvalue weighted by molar-refractivity contribution is 9.09. The van der Waals surface area contributed by atoms with Crippen LogP contribution in [0.5, 0.6) is 0 Å². The van der Waals surface area contributed by atoms with Gasteiger partial charge in [-0.05, 0) is 44.9 Å². The van der Waals surface area contributed by atoms with Crippen LogP contribution in [0.15, 0.2) is 18.2 Å². The molecule has 0 bridgehead atoms. The van der Waals surface area contributed by atoms with Crippen LogP contribution in [-0.2, 0) is 14.5 Å². The van der Waals surface area contributed by atoms with Gasteiger partial charge in [0.2, 0.25) is 5.91 Å². The highest BCUT2D eigenvalue weighted by Gasteiger charge is 2.38. The van der Waals surface area contributed by atoms with Crippen LogP contribution in [0.4, 0.5) is 5.69 Å². The highest BCUT2D eigenvalue weighted by atomic mass is 79.9. The van der Waals surface area contributed by atoms with Gasteiger partial charge in [-0.3, -0.25) is 4.79 Å². The Hall–Kier alpha value is -0.830. The molecule has 1 aliphatic rings. The second kappa shape index (κ2) is 3.33. The molecule has 0 saturated heterocycles. The Morgan fingerprint density at radius 1 is 1.31 bits per heavy atom. The van der Waals surface area contributed by atoms with E-state index in [1.165, 1.54) is 5.56 Å². The number of amides is 1. The number of hydrogen-bond acceptors (Lipinski definition) is 1. The smallest absolute Gasteiger partial charge is 0.234 e. The molecule has 0 unspecified atom stereocenters. The molecule has 1 N–H and O–H groups in total. The molecule has 2 nitrogen and oxygen atoms in total. The number of halogens is 1. The summed E-state index contributed by atoms with van der Waals surface area (Å²) in [6, 6.07) is 6.18. The summed E-state index contributed by atoms with van der Waals surface area (Å²) in [7, 11) is 0. The van der Waals surface area contributed by atoms with Crippen molar-refractivity contribution in [3.8, 4) is 0 Å². The summed E-state index contributed by atoms with van der Waals surface area (Å²) in [5, 5.41) is 2.94. The maximum absolute atomic E-state index is 11.8. The van der Waals surface area contributed by atoms with Crippen LogP contribution in [-0.4, -0.2) is 5.91 Å². The Morgan fingerprint density at radius 3 is 2.50 bits per heavy atom. The number of nitrogens with one attached hydrogen (secondary N) is 1. The number of alkyl halides is 1. The minimum atomic E-state index is -0.412. The fourth-order valence-electron chi connectivity index (χ4n) is 1.96. The van der Waals surface area contributed by atoms with Gasteiger partial charge >= 0.3 is 0 Å². The molecule has 0 spiro atoms. The maximum atomic E-state index is 11.8.